The third-order valence-corrected chi connectivity index (χ3v) is 7.38. The SMILES string of the molecule is COc1ccc2c(=O)c3c(oc2c1)C(=O)N(CCN1CCOCC1)C3c1ccc(OCc2ccccc2)cc1. The third-order valence-electron chi connectivity index (χ3n) is 7.38. The first-order chi connectivity index (χ1) is 19.1. The van der Waals surface area contributed by atoms with Gasteiger partial charge in [0.1, 0.15) is 23.7 Å². The van der Waals surface area contributed by atoms with Crippen LogP contribution in [0.1, 0.15) is 33.3 Å². The number of amides is 1. The monoisotopic (exact) mass is 526 g/mol. The molecule has 0 bridgehead atoms. The Bertz CT molecular complexity index is 1530. The van der Waals surface area contributed by atoms with Gasteiger partial charge in [0, 0.05) is 32.2 Å². The van der Waals surface area contributed by atoms with Gasteiger partial charge in [0.25, 0.3) is 5.91 Å². The minimum Gasteiger partial charge on any atom is -0.497 e. The molecule has 8 nitrogen and oxygen atoms in total. The Balaban J connectivity index is 1.34. The summed E-state index contributed by atoms with van der Waals surface area (Å²) in [7, 11) is 1.55. The number of carbonyl (C=O) groups is 1. The van der Waals surface area contributed by atoms with Crippen molar-refractivity contribution in [2.45, 2.75) is 12.6 Å². The van der Waals surface area contributed by atoms with Gasteiger partial charge >= 0.3 is 0 Å². The molecule has 1 saturated heterocycles. The van der Waals surface area contributed by atoms with Crippen molar-refractivity contribution in [1.82, 2.24) is 9.80 Å². The molecule has 8 heteroatoms. The molecule has 1 aromatic heterocycles. The number of fused-ring (bicyclic) bond motifs is 2. The van der Waals surface area contributed by atoms with Gasteiger partial charge in [-0.25, -0.2) is 0 Å². The molecule has 3 heterocycles. The number of carbonyl (C=O) groups excluding carboxylic acids is 1. The average molecular weight is 527 g/mol. The Hall–Kier alpha value is -4.14. The van der Waals surface area contributed by atoms with Crippen LogP contribution in [-0.4, -0.2) is 62.2 Å². The highest BCUT2D eigenvalue weighted by atomic mass is 16.5. The topological polar surface area (TPSA) is 81.5 Å². The number of nitrogens with zero attached hydrogens (tertiary/aromatic N) is 2. The minimum atomic E-state index is -0.556. The van der Waals surface area contributed by atoms with Crippen LogP contribution in [0.2, 0.25) is 0 Å². The lowest BCUT2D eigenvalue weighted by atomic mass is 9.98. The summed E-state index contributed by atoms with van der Waals surface area (Å²) in [6, 6.07) is 22.1. The van der Waals surface area contributed by atoms with Crippen molar-refractivity contribution in [3.63, 3.8) is 0 Å². The number of rotatable bonds is 8. The Kier molecular flexibility index (Phi) is 7.04. The molecule has 1 unspecified atom stereocenters. The van der Waals surface area contributed by atoms with Gasteiger partial charge in [0.2, 0.25) is 5.76 Å². The summed E-state index contributed by atoms with van der Waals surface area (Å²) >= 11 is 0. The summed E-state index contributed by atoms with van der Waals surface area (Å²) in [5, 5.41) is 0.421. The molecular formula is C31H30N2O6. The number of benzene rings is 3. The van der Waals surface area contributed by atoms with Crippen LogP contribution < -0.4 is 14.9 Å². The summed E-state index contributed by atoms with van der Waals surface area (Å²) in [6.07, 6.45) is 0. The van der Waals surface area contributed by atoms with Crippen LogP contribution in [0.25, 0.3) is 11.0 Å². The zero-order valence-corrected chi connectivity index (χ0v) is 21.8. The number of methoxy groups -OCH3 is 1. The molecule has 2 aliphatic rings. The van der Waals surface area contributed by atoms with Crippen LogP contribution in [0.3, 0.4) is 0 Å². The van der Waals surface area contributed by atoms with Crippen molar-refractivity contribution < 1.29 is 23.4 Å². The number of morpholine rings is 1. The summed E-state index contributed by atoms with van der Waals surface area (Å²) in [5.74, 6) is 1.08. The van der Waals surface area contributed by atoms with Crippen LogP contribution in [0.4, 0.5) is 0 Å². The molecule has 39 heavy (non-hydrogen) atoms. The highest BCUT2D eigenvalue weighted by Crippen LogP contribution is 2.39. The molecule has 1 fully saturated rings. The van der Waals surface area contributed by atoms with E-state index in [1.54, 1.807) is 30.2 Å². The van der Waals surface area contributed by atoms with Crippen LogP contribution in [0.5, 0.6) is 11.5 Å². The largest absolute Gasteiger partial charge is 0.497 e. The van der Waals surface area contributed by atoms with Gasteiger partial charge < -0.3 is 23.5 Å². The Morgan fingerprint density at radius 3 is 2.38 bits per heavy atom. The zero-order valence-electron chi connectivity index (χ0n) is 21.8. The number of ether oxygens (including phenoxy) is 3. The van der Waals surface area contributed by atoms with Crippen molar-refractivity contribution in [1.29, 1.82) is 0 Å². The zero-order chi connectivity index (χ0) is 26.8. The lowest BCUT2D eigenvalue weighted by Gasteiger charge is -2.31. The van der Waals surface area contributed by atoms with Crippen molar-refractivity contribution in [3.8, 4) is 11.5 Å². The molecule has 4 aromatic rings. The smallest absolute Gasteiger partial charge is 0.290 e. The predicted octanol–water partition coefficient (Wildman–Crippen LogP) is 4.26. The summed E-state index contributed by atoms with van der Waals surface area (Å²) in [6.45, 7) is 4.57. The Labute approximate surface area is 226 Å². The molecule has 0 spiro atoms. The molecule has 3 aromatic carbocycles. The molecule has 0 aliphatic carbocycles. The fraction of sp³-hybridized carbons (Fsp3) is 0.290. The minimum absolute atomic E-state index is 0.0946. The lowest BCUT2D eigenvalue weighted by Crippen LogP contribution is -2.42. The summed E-state index contributed by atoms with van der Waals surface area (Å²) < 4.78 is 22.8. The van der Waals surface area contributed by atoms with Crippen molar-refractivity contribution in [3.05, 3.63) is 105 Å². The Morgan fingerprint density at radius 2 is 1.64 bits per heavy atom. The fourth-order valence-electron chi connectivity index (χ4n) is 5.26. The van der Waals surface area contributed by atoms with Gasteiger partial charge in [-0.1, -0.05) is 42.5 Å². The average Bonchev–Trinajstić information content (AvgIpc) is 3.27. The van der Waals surface area contributed by atoms with Gasteiger partial charge in [-0.05, 0) is 35.4 Å². The maximum atomic E-state index is 13.8. The first-order valence-corrected chi connectivity index (χ1v) is 13.1. The highest BCUT2D eigenvalue weighted by Gasteiger charge is 2.42. The number of hydrogen-bond acceptors (Lipinski definition) is 7. The first-order valence-electron chi connectivity index (χ1n) is 13.1. The second kappa shape index (κ2) is 10.9. The first kappa shape index (κ1) is 25.2. The van der Waals surface area contributed by atoms with E-state index in [2.05, 4.69) is 4.90 Å². The van der Waals surface area contributed by atoms with E-state index in [0.29, 0.717) is 60.9 Å². The second-order valence-corrected chi connectivity index (χ2v) is 9.73. The standard InChI is InChI=1S/C31H30N2O6/c1-36-24-11-12-25-26(19-24)39-30-27(29(25)34)28(33(31(30)35)14-13-32-15-17-37-18-16-32)22-7-9-23(10-8-22)38-20-21-5-3-2-4-6-21/h2-12,19,28H,13-18,20H2,1H3. The molecule has 200 valence electrons. The second-order valence-electron chi connectivity index (χ2n) is 9.73. The van der Waals surface area contributed by atoms with E-state index < -0.39 is 6.04 Å². The van der Waals surface area contributed by atoms with E-state index >= 15 is 0 Å². The van der Waals surface area contributed by atoms with Crippen molar-refractivity contribution >= 4 is 16.9 Å². The van der Waals surface area contributed by atoms with Crippen molar-refractivity contribution in [2.75, 3.05) is 46.5 Å². The van der Waals surface area contributed by atoms with Gasteiger partial charge in [-0.15, -0.1) is 0 Å². The van der Waals surface area contributed by atoms with Gasteiger partial charge in [0.15, 0.2) is 5.43 Å². The van der Waals surface area contributed by atoms with E-state index in [4.69, 9.17) is 18.6 Å². The number of hydrogen-bond donors (Lipinski definition) is 0. The van der Waals surface area contributed by atoms with Crippen molar-refractivity contribution in [2.24, 2.45) is 0 Å². The summed E-state index contributed by atoms with van der Waals surface area (Å²) in [4.78, 5) is 31.5. The molecular weight excluding hydrogens is 496 g/mol. The molecule has 1 atom stereocenters. The third kappa shape index (κ3) is 5.01. The van der Waals surface area contributed by atoms with Crippen LogP contribution in [0.15, 0.2) is 82.0 Å². The van der Waals surface area contributed by atoms with E-state index in [1.807, 2.05) is 54.6 Å². The van der Waals surface area contributed by atoms with Gasteiger partial charge in [-0.3, -0.25) is 14.5 Å². The fourth-order valence-corrected chi connectivity index (χ4v) is 5.26. The predicted molar refractivity (Wildman–Crippen MR) is 146 cm³/mol. The normalized spacial score (nSPS) is 17.4. The quantitative estimate of drug-likeness (QED) is 0.339. The van der Waals surface area contributed by atoms with E-state index in [9.17, 15) is 9.59 Å². The molecule has 1 amide bonds. The summed E-state index contributed by atoms with van der Waals surface area (Å²) in [5.41, 5.74) is 2.41. The van der Waals surface area contributed by atoms with E-state index in [-0.39, 0.29) is 17.1 Å². The van der Waals surface area contributed by atoms with Gasteiger partial charge in [0.05, 0.1) is 37.3 Å². The molecule has 0 radical (unpaired) electrons. The van der Waals surface area contributed by atoms with Crippen LogP contribution in [-0.2, 0) is 11.3 Å². The molecule has 0 saturated carbocycles. The Morgan fingerprint density at radius 1 is 0.897 bits per heavy atom. The molecule has 0 N–H and O–H groups in total. The van der Waals surface area contributed by atoms with Gasteiger partial charge in [-0.2, -0.15) is 0 Å². The van der Waals surface area contributed by atoms with Crippen LogP contribution in [0, 0.1) is 0 Å². The molecule has 2 aliphatic heterocycles. The maximum Gasteiger partial charge on any atom is 0.290 e. The van der Waals surface area contributed by atoms with Crippen LogP contribution >= 0.6 is 0 Å². The maximum absolute atomic E-state index is 13.8. The van der Waals surface area contributed by atoms with E-state index in [1.165, 1.54) is 0 Å². The van der Waals surface area contributed by atoms with E-state index in [0.717, 1.165) is 24.2 Å². The highest BCUT2D eigenvalue weighted by molar-refractivity contribution is 5.99. The lowest BCUT2D eigenvalue weighted by molar-refractivity contribution is 0.0314. The molecule has 6 rings (SSSR count).